The fourth-order valence-corrected chi connectivity index (χ4v) is 6.77. The van der Waals surface area contributed by atoms with Crippen molar-refractivity contribution in [3.63, 3.8) is 0 Å². The van der Waals surface area contributed by atoms with Gasteiger partial charge in [0.25, 0.3) is 5.91 Å². The fourth-order valence-electron chi connectivity index (χ4n) is 6.47. The van der Waals surface area contributed by atoms with Gasteiger partial charge in [-0.15, -0.1) is 0 Å². The largest absolute Gasteiger partial charge is 0.485 e. The van der Waals surface area contributed by atoms with E-state index in [1.165, 1.54) is 13.2 Å². The summed E-state index contributed by atoms with van der Waals surface area (Å²) in [5.74, 6) is 0.0395. The Morgan fingerprint density at radius 3 is 2.28 bits per heavy atom. The van der Waals surface area contributed by atoms with Gasteiger partial charge in [0.15, 0.2) is 17.6 Å². The summed E-state index contributed by atoms with van der Waals surface area (Å²) < 4.78 is 17.5. The first-order valence-corrected chi connectivity index (χ1v) is 18.0. The molecule has 0 spiro atoms. The van der Waals surface area contributed by atoms with E-state index in [0.717, 1.165) is 33.4 Å². The third-order valence-electron chi connectivity index (χ3n) is 9.47. The molecule has 5 aromatic rings. The van der Waals surface area contributed by atoms with E-state index < -0.39 is 18.1 Å². The Morgan fingerprint density at radius 1 is 0.889 bits per heavy atom. The second-order valence-corrected chi connectivity index (χ2v) is 13.8. The van der Waals surface area contributed by atoms with Crippen LogP contribution in [-0.2, 0) is 33.7 Å². The number of carbonyl (C=O) groups is 3. The summed E-state index contributed by atoms with van der Waals surface area (Å²) in [5, 5.41) is 18.8. The average Bonchev–Trinajstić information content (AvgIpc) is 3.20. The monoisotopic (exact) mass is 760 g/mol. The molecule has 2 amide bonds. The molecule has 5 aromatic carbocycles. The highest BCUT2D eigenvalue weighted by atomic mass is 35.5. The number of benzene rings is 5. The number of esters is 1. The molecule has 3 N–H and O–H groups in total. The van der Waals surface area contributed by atoms with Crippen LogP contribution in [-0.4, -0.2) is 43.6 Å². The Hall–Kier alpha value is -5.86. The van der Waals surface area contributed by atoms with Crippen LogP contribution in [0, 0.1) is 11.3 Å². The average molecular weight is 762 g/mol. The lowest BCUT2D eigenvalue weighted by molar-refractivity contribution is -0.145. The Kier molecular flexibility index (Phi) is 10.8. The molecule has 0 bridgehead atoms. The standard InChI is InChI=1S/C42H34Cl2N4O6/c1-52-42(51)36(16-24-2-6-26(7-3-24)27-8-4-25(21-45)5-9-27)48-41(50)35-18-30-19-37-38(20-31(30)22-46-35)54-39(23-53-37)28-10-13-32(14-11-28)47-40(49)29-12-15-33(43)34(44)17-29/h2-15,17,19-20,35-36,39,46H,16,18,22-23H2,1H3,(H,47,49)(H,48,50)/t35?,36-,39+/m0/s1. The zero-order chi connectivity index (χ0) is 37.8. The van der Waals surface area contributed by atoms with E-state index in [0.29, 0.717) is 51.3 Å². The van der Waals surface area contributed by atoms with Crippen molar-refractivity contribution in [1.82, 2.24) is 10.6 Å². The number of anilines is 1. The van der Waals surface area contributed by atoms with Crippen LogP contribution in [0.3, 0.4) is 0 Å². The number of methoxy groups -OCH3 is 1. The van der Waals surface area contributed by atoms with E-state index >= 15 is 0 Å². The number of carbonyl (C=O) groups excluding carboxylic acids is 3. The number of amides is 2. The lowest BCUT2D eigenvalue weighted by Gasteiger charge is -2.31. The number of nitrogens with zero attached hydrogens (tertiary/aromatic N) is 1. The summed E-state index contributed by atoms with van der Waals surface area (Å²) in [6, 6.07) is 31.6. The van der Waals surface area contributed by atoms with Gasteiger partial charge >= 0.3 is 5.97 Å². The van der Waals surface area contributed by atoms with Gasteiger partial charge in [0.1, 0.15) is 12.6 Å². The van der Waals surface area contributed by atoms with E-state index in [9.17, 15) is 14.4 Å². The van der Waals surface area contributed by atoms with Crippen LogP contribution in [0.5, 0.6) is 11.5 Å². The molecule has 7 rings (SSSR count). The first-order valence-electron chi connectivity index (χ1n) is 17.2. The van der Waals surface area contributed by atoms with Crippen molar-refractivity contribution < 1.29 is 28.6 Å². The number of ether oxygens (including phenoxy) is 3. The Bertz CT molecular complexity index is 2260. The molecular weight excluding hydrogens is 727 g/mol. The maximum absolute atomic E-state index is 13.5. The Morgan fingerprint density at radius 2 is 1.59 bits per heavy atom. The molecule has 10 nitrogen and oxygen atoms in total. The van der Waals surface area contributed by atoms with Crippen molar-refractivity contribution in [1.29, 1.82) is 5.26 Å². The first-order chi connectivity index (χ1) is 26.2. The molecule has 0 fully saturated rings. The van der Waals surface area contributed by atoms with E-state index in [-0.39, 0.29) is 30.9 Å². The molecule has 0 saturated carbocycles. The number of nitriles is 1. The molecule has 2 aliphatic rings. The first kappa shape index (κ1) is 36.5. The Labute approximate surface area is 322 Å². The van der Waals surface area contributed by atoms with E-state index in [2.05, 4.69) is 22.0 Å². The number of fused-ring (bicyclic) bond motifs is 2. The molecule has 0 aliphatic carbocycles. The molecule has 0 radical (unpaired) electrons. The molecule has 2 aliphatic heterocycles. The number of rotatable bonds is 9. The molecule has 272 valence electrons. The highest BCUT2D eigenvalue weighted by Gasteiger charge is 2.31. The second-order valence-electron chi connectivity index (χ2n) is 13.0. The number of hydrogen-bond acceptors (Lipinski definition) is 8. The molecule has 0 aromatic heterocycles. The summed E-state index contributed by atoms with van der Waals surface area (Å²) in [6.07, 6.45) is 0.280. The third kappa shape index (κ3) is 8.19. The molecule has 3 atom stereocenters. The van der Waals surface area contributed by atoms with Gasteiger partial charge in [0, 0.05) is 24.2 Å². The summed E-state index contributed by atoms with van der Waals surface area (Å²) >= 11 is 12.0. The predicted molar refractivity (Wildman–Crippen MR) is 205 cm³/mol. The van der Waals surface area contributed by atoms with Gasteiger partial charge in [-0.1, -0.05) is 71.7 Å². The molecule has 54 heavy (non-hydrogen) atoms. The number of hydrogen-bond donors (Lipinski definition) is 3. The summed E-state index contributed by atoms with van der Waals surface area (Å²) in [4.78, 5) is 38.9. The fraction of sp³-hybridized carbons (Fsp3) is 0.190. The predicted octanol–water partition coefficient (Wildman–Crippen LogP) is 7.21. The van der Waals surface area contributed by atoms with Crippen LogP contribution < -0.4 is 25.4 Å². The van der Waals surface area contributed by atoms with Gasteiger partial charge in [-0.05, 0) is 94.4 Å². The van der Waals surface area contributed by atoms with Gasteiger partial charge in [-0.25, -0.2) is 4.79 Å². The number of nitrogens with one attached hydrogen (secondary N) is 3. The SMILES string of the molecule is COC(=O)[C@H](Cc1ccc(-c2ccc(C#N)cc2)cc1)NC(=O)C1Cc2cc3c(cc2CN1)O[C@@H](c1ccc(NC(=O)c2ccc(Cl)c(Cl)c2)cc1)CO3. The topological polar surface area (TPSA) is 139 Å². The minimum absolute atomic E-state index is 0.255. The summed E-state index contributed by atoms with van der Waals surface area (Å²) in [7, 11) is 1.30. The van der Waals surface area contributed by atoms with Gasteiger partial charge in [0.05, 0.1) is 34.8 Å². The van der Waals surface area contributed by atoms with Crippen molar-refractivity contribution >= 4 is 46.7 Å². The molecular formula is C42H34Cl2N4O6. The van der Waals surface area contributed by atoms with Crippen molar-refractivity contribution in [3.8, 4) is 28.7 Å². The van der Waals surface area contributed by atoms with Gasteiger partial charge < -0.3 is 30.2 Å². The molecule has 0 saturated heterocycles. The molecule has 1 unspecified atom stereocenters. The lowest BCUT2D eigenvalue weighted by Crippen LogP contribution is -2.53. The van der Waals surface area contributed by atoms with Gasteiger partial charge in [0.2, 0.25) is 5.91 Å². The highest BCUT2D eigenvalue weighted by molar-refractivity contribution is 6.42. The second kappa shape index (κ2) is 16.0. The normalized spacial score (nSPS) is 16.3. The van der Waals surface area contributed by atoms with E-state index in [1.807, 2.05) is 60.7 Å². The van der Waals surface area contributed by atoms with Gasteiger partial charge in [-0.2, -0.15) is 5.26 Å². The van der Waals surface area contributed by atoms with Crippen LogP contribution in [0.4, 0.5) is 5.69 Å². The van der Waals surface area contributed by atoms with Crippen LogP contribution in [0.25, 0.3) is 11.1 Å². The zero-order valence-corrected chi connectivity index (χ0v) is 30.5. The maximum atomic E-state index is 13.5. The summed E-state index contributed by atoms with van der Waals surface area (Å²) in [5.41, 5.74) is 7.19. The molecule has 12 heteroatoms. The van der Waals surface area contributed by atoms with Crippen molar-refractivity contribution in [2.24, 2.45) is 0 Å². The summed E-state index contributed by atoms with van der Waals surface area (Å²) in [6.45, 7) is 0.694. The van der Waals surface area contributed by atoms with Crippen LogP contribution >= 0.6 is 23.2 Å². The highest BCUT2D eigenvalue weighted by Crippen LogP contribution is 2.40. The zero-order valence-electron chi connectivity index (χ0n) is 29.0. The van der Waals surface area contributed by atoms with Crippen LogP contribution in [0.15, 0.2) is 103 Å². The minimum atomic E-state index is -0.878. The minimum Gasteiger partial charge on any atom is -0.485 e. The quantitative estimate of drug-likeness (QED) is 0.134. The lowest BCUT2D eigenvalue weighted by atomic mass is 9.94. The third-order valence-corrected chi connectivity index (χ3v) is 10.2. The van der Waals surface area contributed by atoms with Crippen molar-refractivity contribution in [2.45, 2.75) is 37.6 Å². The van der Waals surface area contributed by atoms with E-state index in [4.69, 9.17) is 42.7 Å². The van der Waals surface area contributed by atoms with Crippen LogP contribution in [0.1, 0.15) is 44.3 Å². The van der Waals surface area contributed by atoms with Crippen LogP contribution in [0.2, 0.25) is 10.0 Å². The molecule has 2 heterocycles. The number of halogens is 2. The van der Waals surface area contributed by atoms with E-state index in [1.54, 1.807) is 36.4 Å². The van der Waals surface area contributed by atoms with Crippen molar-refractivity contribution in [2.75, 3.05) is 19.0 Å². The smallest absolute Gasteiger partial charge is 0.328 e. The van der Waals surface area contributed by atoms with Gasteiger partial charge in [-0.3, -0.25) is 9.59 Å². The Balaban J connectivity index is 0.957. The maximum Gasteiger partial charge on any atom is 0.328 e. The van der Waals surface area contributed by atoms with Crippen molar-refractivity contribution in [3.05, 3.63) is 147 Å².